The highest BCUT2D eigenvalue weighted by Gasteiger charge is 2.12. The van der Waals surface area contributed by atoms with Gasteiger partial charge in [0.15, 0.2) is 0 Å². The van der Waals surface area contributed by atoms with Crippen molar-refractivity contribution in [2.45, 2.75) is 39.8 Å². The highest BCUT2D eigenvalue weighted by atomic mass is 19.1. The van der Waals surface area contributed by atoms with Crippen molar-refractivity contribution in [3.05, 3.63) is 66.5 Å². The van der Waals surface area contributed by atoms with Crippen molar-refractivity contribution in [2.75, 3.05) is 26.9 Å². The number of benzene rings is 1. The lowest BCUT2D eigenvalue weighted by atomic mass is 10.1. The minimum atomic E-state index is -1.07. The molecular weight excluding hydrogens is 435 g/mol. The maximum absolute atomic E-state index is 12.3. The van der Waals surface area contributed by atoms with E-state index in [0.29, 0.717) is 43.3 Å². The first-order valence-corrected chi connectivity index (χ1v) is 10.7. The number of nitrogens with one attached hydrogen (secondary N) is 1. The van der Waals surface area contributed by atoms with Crippen molar-refractivity contribution in [1.82, 2.24) is 5.32 Å². The summed E-state index contributed by atoms with van der Waals surface area (Å²) in [6.45, 7) is 18.3. The number of carbonyl (C=O) groups is 1. The van der Waals surface area contributed by atoms with Gasteiger partial charge in [0.1, 0.15) is 24.8 Å². The zero-order valence-corrected chi connectivity index (χ0v) is 21.2. The standard InChI is InChI=1S/C20H27N3O2.C5H12FN.CH2O/c1-6-17(21)9-8-15(3)23-16(4)19-11-10-18(25-13-12-24-5)14-20(19)22-7-2;1-5(2,6)3-4-7;1-2/h6-11,14,23H,3-4,12-13,21H2,1-2,5H3;3-4,7H2,1-2H3;1H2/b9-8-,17-6+,22-7?;;. The van der Waals surface area contributed by atoms with Crippen molar-refractivity contribution < 1.29 is 18.7 Å². The summed E-state index contributed by atoms with van der Waals surface area (Å²) >= 11 is 0. The van der Waals surface area contributed by atoms with Crippen molar-refractivity contribution in [3.63, 3.8) is 0 Å². The molecule has 0 aliphatic carbocycles. The van der Waals surface area contributed by atoms with E-state index in [1.807, 2.05) is 44.9 Å². The van der Waals surface area contributed by atoms with Crippen LogP contribution in [-0.2, 0) is 9.53 Å². The number of halogens is 1. The molecule has 0 fully saturated rings. The molecule has 0 saturated carbocycles. The van der Waals surface area contributed by atoms with Crippen LogP contribution in [0.3, 0.4) is 0 Å². The summed E-state index contributed by atoms with van der Waals surface area (Å²) in [4.78, 5) is 12.4. The molecule has 1 rings (SSSR count). The molecule has 1 aromatic carbocycles. The van der Waals surface area contributed by atoms with E-state index in [9.17, 15) is 4.39 Å². The van der Waals surface area contributed by atoms with Crippen LogP contribution >= 0.6 is 0 Å². The Morgan fingerprint density at radius 1 is 1.21 bits per heavy atom. The highest BCUT2D eigenvalue weighted by Crippen LogP contribution is 2.29. The largest absolute Gasteiger partial charge is 0.491 e. The van der Waals surface area contributed by atoms with Gasteiger partial charge >= 0.3 is 0 Å². The summed E-state index contributed by atoms with van der Waals surface area (Å²) in [5, 5.41) is 3.15. The number of allylic oxidation sites excluding steroid dienone is 3. The second-order valence-corrected chi connectivity index (χ2v) is 7.42. The molecule has 1 aromatic rings. The van der Waals surface area contributed by atoms with Gasteiger partial charge in [0.05, 0.1) is 12.3 Å². The molecule has 0 aliphatic rings. The van der Waals surface area contributed by atoms with Crippen LogP contribution in [0.25, 0.3) is 5.70 Å². The van der Waals surface area contributed by atoms with E-state index >= 15 is 0 Å². The van der Waals surface area contributed by atoms with Crippen molar-refractivity contribution in [2.24, 2.45) is 16.5 Å². The quantitative estimate of drug-likeness (QED) is 0.226. The molecule has 0 unspecified atom stereocenters. The molecule has 8 heteroatoms. The SMILES string of the molecule is C=C(/C=C\C(N)=C/C)NC(=C)c1ccc(OCCOC)cc1N=CC.C=O.CC(C)(F)CCN. The van der Waals surface area contributed by atoms with Crippen molar-refractivity contribution in [1.29, 1.82) is 0 Å². The first kappa shape index (κ1) is 32.9. The minimum absolute atomic E-state index is 0.434. The molecule has 190 valence electrons. The van der Waals surface area contributed by atoms with Crippen LogP contribution < -0.4 is 21.5 Å². The minimum Gasteiger partial charge on any atom is -0.491 e. The molecule has 0 saturated heterocycles. The van der Waals surface area contributed by atoms with Gasteiger partial charge in [-0.3, -0.25) is 4.99 Å². The van der Waals surface area contributed by atoms with Crippen LogP contribution in [0.4, 0.5) is 10.1 Å². The normalized spacial score (nSPS) is 11.3. The average Bonchev–Trinajstić information content (AvgIpc) is 2.79. The summed E-state index contributed by atoms with van der Waals surface area (Å²) in [6.07, 6.45) is 7.57. The van der Waals surface area contributed by atoms with E-state index in [1.54, 1.807) is 25.5 Å². The fourth-order valence-corrected chi connectivity index (χ4v) is 2.28. The number of rotatable bonds is 12. The third kappa shape index (κ3) is 16.4. The number of aliphatic imine (C=N–C) groups is 1. The van der Waals surface area contributed by atoms with Crippen LogP contribution in [-0.4, -0.2) is 45.5 Å². The van der Waals surface area contributed by atoms with E-state index in [4.69, 9.17) is 25.7 Å². The van der Waals surface area contributed by atoms with Crippen LogP contribution in [0.5, 0.6) is 5.75 Å². The molecule has 0 amide bonds. The Bertz CT molecular complexity index is 828. The summed E-state index contributed by atoms with van der Waals surface area (Å²) in [6, 6.07) is 5.66. The molecular formula is C26H41FN4O3. The Labute approximate surface area is 204 Å². The van der Waals surface area contributed by atoms with Gasteiger partial charge in [0.2, 0.25) is 0 Å². The topological polar surface area (TPSA) is 112 Å². The molecule has 5 N–H and O–H groups in total. The van der Waals surface area contributed by atoms with E-state index in [-0.39, 0.29) is 0 Å². The fourth-order valence-electron chi connectivity index (χ4n) is 2.28. The van der Waals surface area contributed by atoms with Crippen LogP contribution in [0, 0.1) is 0 Å². The van der Waals surface area contributed by atoms with Crippen LogP contribution in [0.1, 0.15) is 39.7 Å². The van der Waals surface area contributed by atoms with Gasteiger partial charge in [-0.2, -0.15) is 0 Å². The van der Waals surface area contributed by atoms with Crippen LogP contribution in [0.15, 0.2) is 66.0 Å². The lowest BCUT2D eigenvalue weighted by molar-refractivity contribution is -0.0980. The zero-order chi connectivity index (χ0) is 26.6. The molecule has 0 aromatic heterocycles. The Balaban J connectivity index is 0. The van der Waals surface area contributed by atoms with E-state index in [1.165, 1.54) is 13.8 Å². The number of methoxy groups -OCH3 is 1. The first-order valence-electron chi connectivity index (χ1n) is 10.7. The second-order valence-electron chi connectivity index (χ2n) is 7.42. The van der Waals surface area contributed by atoms with Gasteiger partial charge in [-0.1, -0.05) is 19.2 Å². The smallest absolute Gasteiger partial charge is 0.121 e. The van der Waals surface area contributed by atoms with Gasteiger partial charge in [-0.05, 0) is 64.9 Å². The number of alkyl halides is 1. The van der Waals surface area contributed by atoms with Gasteiger partial charge in [0, 0.05) is 42.0 Å². The highest BCUT2D eigenvalue weighted by molar-refractivity contribution is 5.77. The molecule has 0 heterocycles. The Morgan fingerprint density at radius 2 is 1.85 bits per heavy atom. The number of carbonyl (C=O) groups excluding carboxylic acids is 1. The molecule has 0 spiro atoms. The number of nitrogens with two attached hydrogens (primary N) is 2. The summed E-state index contributed by atoms with van der Waals surface area (Å²) in [5.41, 5.74) is 13.4. The first-order chi connectivity index (χ1) is 16.1. The zero-order valence-electron chi connectivity index (χ0n) is 21.2. The lowest BCUT2D eigenvalue weighted by Gasteiger charge is -2.14. The predicted molar refractivity (Wildman–Crippen MR) is 142 cm³/mol. The summed E-state index contributed by atoms with van der Waals surface area (Å²) in [5.74, 6) is 0.730. The van der Waals surface area contributed by atoms with E-state index in [2.05, 4.69) is 23.5 Å². The predicted octanol–water partition coefficient (Wildman–Crippen LogP) is 4.83. The van der Waals surface area contributed by atoms with Crippen LogP contribution in [0.2, 0.25) is 0 Å². The van der Waals surface area contributed by atoms with Gasteiger partial charge in [-0.25, -0.2) is 4.39 Å². The second kappa shape index (κ2) is 19.3. The fraction of sp³-hybridized carbons (Fsp3) is 0.385. The van der Waals surface area contributed by atoms with Crippen molar-refractivity contribution >= 4 is 24.4 Å². The average molecular weight is 477 g/mol. The number of hydrogen-bond acceptors (Lipinski definition) is 7. The molecule has 0 radical (unpaired) electrons. The Morgan fingerprint density at radius 3 is 2.32 bits per heavy atom. The van der Waals surface area contributed by atoms with E-state index < -0.39 is 5.67 Å². The Kier molecular flexibility index (Phi) is 18.7. The van der Waals surface area contributed by atoms with Crippen molar-refractivity contribution in [3.8, 4) is 5.75 Å². The maximum Gasteiger partial charge on any atom is 0.121 e. The maximum atomic E-state index is 12.3. The molecule has 0 bridgehead atoms. The van der Waals surface area contributed by atoms with Gasteiger partial charge in [0.25, 0.3) is 0 Å². The summed E-state index contributed by atoms with van der Waals surface area (Å²) in [7, 11) is 1.64. The lowest BCUT2D eigenvalue weighted by Crippen LogP contribution is -2.17. The third-order valence-electron chi connectivity index (χ3n) is 3.98. The monoisotopic (exact) mass is 476 g/mol. The molecule has 34 heavy (non-hydrogen) atoms. The molecule has 7 nitrogen and oxygen atoms in total. The molecule has 0 atom stereocenters. The number of nitrogens with zero attached hydrogens (tertiary/aromatic N) is 1. The Hall–Kier alpha value is -3.23. The van der Waals surface area contributed by atoms with Gasteiger partial charge in [-0.15, -0.1) is 0 Å². The third-order valence-corrected chi connectivity index (χ3v) is 3.98. The number of ether oxygens (including phenoxy) is 2. The summed E-state index contributed by atoms with van der Waals surface area (Å²) < 4.78 is 22.9. The number of hydrogen-bond donors (Lipinski definition) is 3. The molecule has 0 aliphatic heterocycles. The van der Waals surface area contributed by atoms with Gasteiger partial charge < -0.3 is 31.1 Å². The van der Waals surface area contributed by atoms with E-state index in [0.717, 1.165) is 17.0 Å².